The van der Waals surface area contributed by atoms with Crippen LogP contribution in [-0.2, 0) is 28.6 Å². The first-order valence-corrected chi connectivity index (χ1v) is 27.7. The van der Waals surface area contributed by atoms with Gasteiger partial charge in [0.15, 0.2) is 6.10 Å². The number of rotatable bonds is 48. The lowest BCUT2D eigenvalue weighted by Gasteiger charge is -2.18. The third-order valence-corrected chi connectivity index (χ3v) is 11.2. The molecule has 0 aromatic rings. The van der Waals surface area contributed by atoms with Crippen molar-refractivity contribution in [2.24, 2.45) is 0 Å². The Labute approximate surface area is 424 Å². The molecule has 0 saturated carbocycles. The summed E-state index contributed by atoms with van der Waals surface area (Å²) in [7, 11) is 0. The summed E-state index contributed by atoms with van der Waals surface area (Å²) < 4.78 is 16.7. The number of allylic oxidation sites excluding steroid dienone is 22. The van der Waals surface area contributed by atoms with Crippen molar-refractivity contribution >= 4 is 17.9 Å². The molecule has 0 aliphatic carbocycles. The average Bonchev–Trinajstić information content (AvgIpc) is 3.35. The van der Waals surface area contributed by atoms with Crippen molar-refractivity contribution in [1.29, 1.82) is 0 Å². The van der Waals surface area contributed by atoms with Gasteiger partial charge in [-0.15, -0.1) is 0 Å². The fraction of sp³-hybridized carbons (Fsp3) is 0.603. The lowest BCUT2D eigenvalue weighted by atomic mass is 10.1. The molecule has 0 aromatic carbocycles. The molecule has 0 rings (SSSR count). The molecule has 0 spiro atoms. The molecule has 0 aromatic heterocycles. The Balaban J connectivity index is 4.63. The van der Waals surface area contributed by atoms with Gasteiger partial charge in [0.2, 0.25) is 0 Å². The molecule has 6 heteroatoms. The number of carbonyl (C=O) groups excluding carboxylic acids is 3. The summed E-state index contributed by atoms with van der Waals surface area (Å²) in [5, 5.41) is 0. The SMILES string of the molecule is CC/C=C\C/C=C\C/C=C\C/C=C\C/C=C\CCC(=O)OCC(COC(=O)CCCCCCC\C=C/C=C\C=C/CCCCCCC)OC(=O)CCC/C=C\C/C=C\C/C=C\CCCCCCCC. The molecule has 1 atom stereocenters. The van der Waals surface area contributed by atoms with Crippen LogP contribution in [-0.4, -0.2) is 37.2 Å². The average molecular weight is 953 g/mol. The molecular formula is C63H100O6. The first kappa shape index (κ1) is 64.5. The zero-order chi connectivity index (χ0) is 50.0. The highest BCUT2D eigenvalue weighted by atomic mass is 16.6. The monoisotopic (exact) mass is 953 g/mol. The molecular weight excluding hydrogens is 853 g/mol. The van der Waals surface area contributed by atoms with Crippen LogP contribution in [0.1, 0.15) is 226 Å². The van der Waals surface area contributed by atoms with Gasteiger partial charge in [0, 0.05) is 19.3 Å². The fourth-order valence-electron chi connectivity index (χ4n) is 7.04. The second kappa shape index (κ2) is 56.1. The summed E-state index contributed by atoms with van der Waals surface area (Å²) in [6, 6.07) is 0. The maximum atomic E-state index is 12.8. The van der Waals surface area contributed by atoms with Crippen LogP contribution in [0.3, 0.4) is 0 Å². The van der Waals surface area contributed by atoms with Crippen LogP contribution in [0, 0.1) is 0 Å². The predicted octanol–water partition coefficient (Wildman–Crippen LogP) is 18.6. The third-order valence-electron chi connectivity index (χ3n) is 11.2. The summed E-state index contributed by atoms with van der Waals surface area (Å²) in [5.74, 6) is -1.10. The zero-order valence-electron chi connectivity index (χ0n) is 44.3. The molecule has 6 nitrogen and oxygen atoms in total. The van der Waals surface area contributed by atoms with Gasteiger partial charge in [-0.1, -0.05) is 231 Å². The first-order valence-electron chi connectivity index (χ1n) is 27.7. The molecule has 1 unspecified atom stereocenters. The van der Waals surface area contributed by atoms with Crippen molar-refractivity contribution in [2.45, 2.75) is 232 Å². The van der Waals surface area contributed by atoms with Crippen LogP contribution in [0.4, 0.5) is 0 Å². The minimum atomic E-state index is -0.848. The molecule has 388 valence electrons. The number of hydrogen-bond acceptors (Lipinski definition) is 6. The summed E-state index contributed by atoms with van der Waals surface area (Å²) in [4.78, 5) is 38.1. The Morgan fingerprint density at radius 2 is 0.667 bits per heavy atom. The van der Waals surface area contributed by atoms with E-state index in [0.29, 0.717) is 19.3 Å². The summed E-state index contributed by atoms with van der Waals surface area (Å²) in [6.07, 6.45) is 78.8. The lowest BCUT2D eigenvalue weighted by Crippen LogP contribution is -2.30. The molecule has 0 N–H and O–H groups in total. The second-order valence-electron chi connectivity index (χ2n) is 17.8. The Bertz CT molecular complexity index is 1510. The highest BCUT2D eigenvalue weighted by molar-refractivity contribution is 5.71. The number of hydrogen-bond donors (Lipinski definition) is 0. The molecule has 0 bridgehead atoms. The highest BCUT2D eigenvalue weighted by Crippen LogP contribution is 2.12. The van der Waals surface area contributed by atoms with Crippen molar-refractivity contribution in [3.05, 3.63) is 134 Å². The Kier molecular flexibility index (Phi) is 52.5. The minimum absolute atomic E-state index is 0.136. The Hall–Kier alpha value is -4.45. The molecule has 69 heavy (non-hydrogen) atoms. The van der Waals surface area contributed by atoms with Gasteiger partial charge < -0.3 is 14.2 Å². The number of esters is 3. The Morgan fingerprint density at radius 3 is 1.13 bits per heavy atom. The van der Waals surface area contributed by atoms with Crippen molar-refractivity contribution in [3.63, 3.8) is 0 Å². The maximum absolute atomic E-state index is 12.8. The molecule has 0 radical (unpaired) electrons. The first-order chi connectivity index (χ1) is 34.0. The van der Waals surface area contributed by atoms with E-state index in [0.717, 1.165) is 96.3 Å². The van der Waals surface area contributed by atoms with Crippen LogP contribution in [0.2, 0.25) is 0 Å². The number of ether oxygens (including phenoxy) is 3. The Morgan fingerprint density at radius 1 is 0.319 bits per heavy atom. The van der Waals surface area contributed by atoms with E-state index in [2.05, 4.69) is 142 Å². The topological polar surface area (TPSA) is 78.9 Å². The molecule has 0 fully saturated rings. The van der Waals surface area contributed by atoms with Gasteiger partial charge in [0.25, 0.3) is 0 Å². The van der Waals surface area contributed by atoms with Crippen LogP contribution in [0.15, 0.2) is 134 Å². The third kappa shape index (κ3) is 54.4. The van der Waals surface area contributed by atoms with Crippen molar-refractivity contribution in [2.75, 3.05) is 13.2 Å². The van der Waals surface area contributed by atoms with E-state index in [1.54, 1.807) is 0 Å². The molecule has 0 aliphatic heterocycles. The van der Waals surface area contributed by atoms with Gasteiger partial charge >= 0.3 is 17.9 Å². The normalized spacial score (nSPS) is 13.1. The summed E-state index contributed by atoms with van der Waals surface area (Å²) in [6.45, 7) is 6.36. The van der Waals surface area contributed by atoms with E-state index >= 15 is 0 Å². The van der Waals surface area contributed by atoms with Crippen LogP contribution in [0.25, 0.3) is 0 Å². The van der Waals surface area contributed by atoms with Crippen molar-refractivity contribution in [3.8, 4) is 0 Å². The van der Waals surface area contributed by atoms with E-state index in [4.69, 9.17) is 14.2 Å². The smallest absolute Gasteiger partial charge is 0.306 e. The molecule has 0 saturated heterocycles. The molecule has 0 heterocycles. The van der Waals surface area contributed by atoms with E-state index in [1.807, 2.05) is 12.2 Å². The van der Waals surface area contributed by atoms with Crippen molar-refractivity contribution < 1.29 is 28.6 Å². The van der Waals surface area contributed by atoms with Gasteiger partial charge in [0.1, 0.15) is 13.2 Å². The molecule has 0 amide bonds. The van der Waals surface area contributed by atoms with E-state index in [9.17, 15) is 14.4 Å². The van der Waals surface area contributed by atoms with Crippen LogP contribution < -0.4 is 0 Å². The van der Waals surface area contributed by atoms with Gasteiger partial charge in [0.05, 0.1) is 0 Å². The van der Waals surface area contributed by atoms with E-state index in [-0.39, 0.29) is 38.0 Å². The fourth-order valence-corrected chi connectivity index (χ4v) is 7.04. The van der Waals surface area contributed by atoms with E-state index in [1.165, 1.54) is 77.0 Å². The van der Waals surface area contributed by atoms with Crippen LogP contribution >= 0.6 is 0 Å². The maximum Gasteiger partial charge on any atom is 0.306 e. The predicted molar refractivity (Wildman–Crippen MR) is 297 cm³/mol. The van der Waals surface area contributed by atoms with Gasteiger partial charge in [-0.2, -0.15) is 0 Å². The van der Waals surface area contributed by atoms with Crippen molar-refractivity contribution in [1.82, 2.24) is 0 Å². The van der Waals surface area contributed by atoms with Gasteiger partial charge in [-0.05, 0) is 109 Å². The second-order valence-corrected chi connectivity index (χ2v) is 17.8. The summed E-state index contributed by atoms with van der Waals surface area (Å²) in [5.41, 5.74) is 0. The quantitative estimate of drug-likeness (QED) is 0.0199. The van der Waals surface area contributed by atoms with E-state index < -0.39 is 12.1 Å². The number of unbranched alkanes of at least 4 members (excludes halogenated alkanes) is 17. The van der Waals surface area contributed by atoms with Crippen LogP contribution in [0.5, 0.6) is 0 Å². The standard InChI is InChI=1S/C63H100O6/c1-4-7-10-13-16-19-22-25-28-31-33-35-38-41-44-47-50-53-56-62(65)68-59-60(58-67-61(64)55-52-49-46-43-40-37-34-30-27-24-21-18-15-12-9-6-3)69-63(66)57-54-51-48-45-42-39-36-32-29-26-23-20-17-14-11-8-5-2/h9,12,18,21-22,25-31,33,35-37,39-40,45-46,48-49,60H,4-8,10-11,13-17,19-20,23-24,32,34,38,41-44,47,50-59H2,1-3H3/b12-9-,21-18-,25-22-,29-26-,30-27-,31-28-,35-33-,39-36-,40-37-,48-45-,49-46-. The largest absolute Gasteiger partial charge is 0.462 e. The highest BCUT2D eigenvalue weighted by Gasteiger charge is 2.19. The minimum Gasteiger partial charge on any atom is -0.462 e. The van der Waals surface area contributed by atoms with Gasteiger partial charge in [-0.3, -0.25) is 14.4 Å². The van der Waals surface area contributed by atoms with Gasteiger partial charge in [-0.25, -0.2) is 0 Å². The number of carbonyl (C=O) groups is 3. The lowest BCUT2D eigenvalue weighted by molar-refractivity contribution is -0.166. The zero-order valence-corrected chi connectivity index (χ0v) is 44.3. The summed E-state index contributed by atoms with van der Waals surface area (Å²) >= 11 is 0. The molecule has 0 aliphatic rings.